The third-order valence-electron chi connectivity index (χ3n) is 3.62. The lowest BCUT2D eigenvalue weighted by molar-refractivity contribution is -0.195. The molecule has 1 aromatic heterocycles. The highest BCUT2D eigenvalue weighted by atomic mass is 32.1. The summed E-state index contributed by atoms with van der Waals surface area (Å²) in [6.45, 7) is 6.40. The first-order valence-electron chi connectivity index (χ1n) is 5.88. The lowest BCUT2D eigenvalue weighted by Crippen LogP contribution is -2.61. The van der Waals surface area contributed by atoms with Crippen LogP contribution in [0.5, 0.6) is 0 Å². The third kappa shape index (κ3) is 1.60. The standard InChI is InChI=1S/C12H18N2OS/c1-11(2)7-12(8-11)9(13-3-5-15-12)10-14-4-6-16-10/h4,6,9,13H,3,5,7-8H2,1-2H3. The van der Waals surface area contributed by atoms with Crippen molar-refractivity contribution in [2.75, 3.05) is 13.2 Å². The Morgan fingerprint density at radius 2 is 2.31 bits per heavy atom. The Morgan fingerprint density at radius 1 is 1.50 bits per heavy atom. The number of ether oxygens (including phenoxy) is 1. The number of aromatic nitrogens is 1. The largest absolute Gasteiger partial charge is 0.372 e. The molecule has 1 aromatic rings. The second-order valence-electron chi connectivity index (χ2n) is 5.69. The van der Waals surface area contributed by atoms with E-state index in [1.165, 1.54) is 5.01 Å². The molecule has 2 aliphatic rings. The van der Waals surface area contributed by atoms with Gasteiger partial charge in [-0.25, -0.2) is 4.98 Å². The Labute approximate surface area is 100 Å². The number of morpholine rings is 1. The van der Waals surface area contributed by atoms with Crippen LogP contribution in [0.3, 0.4) is 0 Å². The van der Waals surface area contributed by atoms with Crippen molar-refractivity contribution in [2.24, 2.45) is 5.41 Å². The minimum Gasteiger partial charge on any atom is -0.372 e. The maximum atomic E-state index is 6.08. The highest BCUT2D eigenvalue weighted by Crippen LogP contribution is 2.56. The summed E-state index contributed by atoms with van der Waals surface area (Å²) in [5, 5.41) is 6.80. The van der Waals surface area contributed by atoms with E-state index in [-0.39, 0.29) is 5.60 Å². The molecule has 1 spiro atoms. The first-order valence-corrected chi connectivity index (χ1v) is 6.76. The maximum absolute atomic E-state index is 6.08. The van der Waals surface area contributed by atoms with E-state index in [4.69, 9.17) is 4.74 Å². The fourth-order valence-corrected chi connectivity index (χ4v) is 4.11. The highest BCUT2D eigenvalue weighted by Gasteiger charge is 2.56. The minimum atomic E-state index is 0.0135. The minimum absolute atomic E-state index is 0.0135. The Bertz CT molecular complexity index is 366. The molecule has 3 rings (SSSR count). The topological polar surface area (TPSA) is 34.1 Å². The fourth-order valence-electron chi connectivity index (χ4n) is 3.29. The molecule has 0 amide bonds. The first-order chi connectivity index (χ1) is 7.61. The molecule has 0 aromatic carbocycles. The first kappa shape index (κ1) is 10.7. The lowest BCUT2D eigenvalue weighted by Gasteiger charge is -2.57. The van der Waals surface area contributed by atoms with Crippen LogP contribution in [0.4, 0.5) is 0 Å². The number of hydrogen-bond acceptors (Lipinski definition) is 4. The lowest BCUT2D eigenvalue weighted by atomic mass is 9.58. The molecule has 0 radical (unpaired) electrons. The van der Waals surface area contributed by atoms with E-state index in [1.807, 2.05) is 11.6 Å². The molecule has 1 saturated carbocycles. The number of nitrogens with zero attached hydrogens (tertiary/aromatic N) is 1. The zero-order valence-corrected chi connectivity index (χ0v) is 10.6. The molecule has 1 unspecified atom stereocenters. The summed E-state index contributed by atoms with van der Waals surface area (Å²) in [4.78, 5) is 4.44. The van der Waals surface area contributed by atoms with Crippen LogP contribution in [-0.4, -0.2) is 23.7 Å². The van der Waals surface area contributed by atoms with Gasteiger partial charge in [0.1, 0.15) is 5.01 Å². The van der Waals surface area contributed by atoms with E-state index >= 15 is 0 Å². The predicted molar refractivity (Wildman–Crippen MR) is 64.6 cm³/mol. The van der Waals surface area contributed by atoms with E-state index in [0.29, 0.717) is 11.5 Å². The van der Waals surface area contributed by atoms with E-state index in [1.54, 1.807) is 11.3 Å². The summed E-state index contributed by atoms with van der Waals surface area (Å²) in [5.74, 6) is 0. The van der Waals surface area contributed by atoms with E-state index in [0.717, 1.165) is 26.0 Å². The molecule has 1 saturated heterocycles. The van der Waals surface area contributed by atoms with Crippen molar-refractivity contribution in [3.8, 4) is 0 Å². The van der Waals surface area contributed by atoms with Crippen LogP contribution in [-0.2, 0) is 4.74 Å². The van der Waals surface area contributed by atoms with Crippen molar-refractivity contribution in [3.63, 3.8) is 0 Å². The molecule has 2 heterocycles. The van der Waals surface area contributed by atoms with Gasteiger partial charge in [-0.15, -0.1) is 11.3 Å². The van der Waals surface area contributed by atoms with Crippen LogP contribution >= 0.6 is 11.3 Å². The van der Waals surface area contributed by atoms with Crippen LogP contribution in [0, 0.1) is 5.41 Å². The van der Waals surface area contributed by atoms with Gasteiger partial charge in [0.2, 0.25) is 0 Å². The molecule has 3 nitrogen and oxygen atoms in total. The second-order valence-corrected chi connectivity index (χ2v) is 6.61. The quantitative estimate of drug-likeness (QED) is 0.815. The van der Waals surface area contributed by atoms with Gasteiger partial charge in [-0.05, 0) is 18.3 Å². The molecule has 1 aliphatic heterocycles. The molecular formula is C12H18N2OS. The zero-order valence-electron chi connectivity index (χ0n) is 9.82. The smallest absolute Gasteiger partial charge is 0.112 e. The average molecular weight is 238 g/mol. The van der Waals surface area contributed by atoms with Gasteiger partial charge in [-0.3, -0.25) is 0 Å². The monoisotopic (exact) mass is 238 g/mol. The summed E-state index contributed by atoms with van der Waals surface area (Å²) in [7, 11) is 0. The van der Waals surface area contributed by atoms with Crippen molar-refractivity contribution in [3.05, 3.63) is 16.6 Å². The van der Waals surface area contributed by atoms with Crippen molar-refractivity contribution < 1.29 is 4.74 Å². The van der Waals surface area contributed by atoms with Crippen LogP contribution in [0.2, 0.25) is 0 Å². The van der Waals surface area contributed by atoms with Gasteiger partial charge in [-0.2, -0.15) is 0 Å². The molecule has 88 valence electrons. The number of rotatable bonds is 1. The van der Waals surface area contributed by atoms with E-state index in [2.05, 4.69) is 24.1 Å². The van der Waals surface area contributed by atoms with Crippen molar-refractivity contribution in [2.45, 2.75) is 38.3 Å². The SMILES string of the molecule is CC1(C)CC2(C1)OCCNC2c1nccs1. The zero-order chi connectivity index (χ0) is 11.2. The average Bonchev–Trinajstić information content (AvgIpc) is 2.68. The van der Waals surface area contributed by atoms with Gasteiger partial charge in [0.15, 0.2) is 0 Å². The number of nitrogens with one attached hydrogen (secondary N) is 1. The summed E-state index contributed by atoms with van der Waals surface area (Å²) >= 11 is 1.73. The second kappa shape index (κ2) is 3.52. The third-order valence-corrected chi connectivity index (χ3v) is 4.46. The Balaban J connectivity index is 1.86. The van der Waals surface area contributed by atoms with Crippen LogP contribution < -0.4 is 5.32 Å². The Morgan fingerprint density at radius 3 is 2.94 bits per heavy atom. The van der Waals surface area contributed by atoms with Crippen molar-refractivity contribution in [1.29, 1.82) is 0 Å². The summed E-state index contributed by atoms with van der Waals surface area (Å²) in [6, 6.07) is 0.300. The van der Waals surface area contributed by atoms with E-state index in [9.17, 15) is 0 Å². The number of hydrogen-bond donors (Lipinski definition) is 1. The normalized spacial score (nSPS) is 31.2. The van der Waals surface area contributed by atoms with Gasteiger partial charge < -0.3 is 10.1 Å². The summed E-state index contributed by atoms with van der Waals surface area (Å²) < 4.78 is 6.08. The van der Waals surface area contributed by atoms with Gasteiger partial charge in [0.25, 0.3) is 0 Å². The van der Waals surface area contributed by atoms with Crippen molar-refractivity contribution in [1.82, 2.24) is 10.3 Å². The van der Waals surface area contributed by atoms with Crippen LogP contribution in [0.15, 0.2) is 11.6 Å². The number of thiazole rings is 1. The molecule has 1 N–H and O–H groups in total. The van der Waals surface area contributed by atoms with Gasteiger partial charge in [-0.1, -0.05) is 13.8 Å². The summed E-state index contributed by atoms with van der Waals surface area (Å²) in [6.07, 6.45) is 4.16. The van der Waals surface area contributed by atoms with Gasteiger partial charge >= 0.3 is 0 Å². The Kier molecular flexibility index (Phi) is 2.35. The predicted octanol–water partition coefficient (Wildman–Crippen LogP) is 2.36. The molecule has 1 aliphatic carbocycles. The fraction of sp³-hybridized carbons (Fsp3) is 0.750. The molecule has 16 heavy (non-hydrogen) atoms. The molecule has 0 bridgehead atoms. The molecular weight excluding hydrogens is 220 g/mol. The molecule has 1 atom stereocenters. The van der Waals surface area contributed by atoms with Crippen LogP contribution in [0.25, 0.3) is 0 Å². The van der Waals surface area contributed by atoms with Gasteiger partial charge in [0, 0.05) is 18.1 Å². The van der Waals surface area contributed by atoms with Gasteiger partial charge in [0.05, 0.1) is 18.2 Å². The maximum Gasteiger partial charge on any atom is 0.112 e. The molecule has 4 heteroatoms. The Hall–Kier alpha value is -0.450. The van der Waals surface area contributed by atoms with Crippen LogP contribution in [0.1, 0.15) is 37.7 Å². The van der Waals surface area contributed by atoms with E-state index < -0.39 is 0 Å². The molecule has 2 fully saturated rings. The summed E-state index contributed by atoms with van der Waals surface area (Å²) in [5.41, 5.74) is 0.439. The van der Waals surface area contributed by atoms with Crippen molar-refractivity contribution >= 4 is 11.3 Å². The highest BCUT2D eigenvalue weighted by molar-refractivity contribution is 7.09.